The van der Waals surface area contributed by atoms with Crippen molar-refractivity contribution in [2.24, 2.45) is 0 Å². The SMILES string of the molecule is COc1ccccc1/C=C1\SC(=S)N(c2cccc(F)c2)C1=O. The van der Waals surface area contributed by atoms with Gasteiger partial charge in [-0.25, -0.2) is 4.39 Å². The number of benzene rings is 2. The zero-order chi connectivity index (χ0) is 16.4. The third kappa shape index (κ3) is 3.13. The summed E-state index contributed by atoms with van der Waals surface area (Å²) in [5.41, 5.74) is 1.21. The van der Waals surface area contributed by atoms with Crippen LogP contribution in [-0.2, 0) is 4.79 Å². The Kier molecular flexibility index (Phi) is 4.45. The first-order chi connectivity index (χ1) is 11.1. The van der Waals surface area contributed by atoms with Gasteiger partial charge in [-0.05, 0) is 30.3 Å². The lowest BCUT2D eigenvalue weighted by Crippen LogP contribution is -2.27. The lowest BCUT2D eigenvalue weighted by molar-refractivity contribution is -0.113. The van der Waals surface area contributed by atoms with Crippen LogP contribution in [0.25, 0.3) is 6.08 Å². The predicted molar refractivity (Wildman–Crippen MR) is 95.0 cm³/mol. The van der Waals surface area contributed by atoms with Gasteiger partial charge in [0.2, 0.25) is 0 Å². The number of thioether (sulfide) groups is 1. The normalized spacial score (nSPS) is 16.3. The first kappa shape index (κ1) is 15.7. The fraction of sp³-hybridized carbons (Fsp3) is 0.0588. The van der Waals surface area contributed by atoms with Crippen LogP contribution in [0.1, 0.15) is 5.56 Å². The number of rotatable bonds is 3. The molecule has 1 amide bonds. The standard InChI is InChI=1S/C17H12FNO2S2/c1-21-14-8-3-2-5-11(14)9-15-16(20)19(17(22)23-15)13-7-4-6-12(18)10-13/h2-10H,1H3/b15-9-. The molecule has 0 saturated carbocycles. The average molecular weight is 345 g/mol. The van der Waals surface area contributed by atoms with Crippen LogP contribution in [-0.4, -0.2) is 17.3 Å². The molecule has 23 heavy (non-hydrogen) atoms. The molecule has 1 aliphatic heterocycles. The topological polar surface area (TPSA) is 29.5 Å². The Bertz CT molecular complexity index is 820. The van der Waals surface area contributed by atoms with Gasteiger partial charge in [-0.1, -0.05) is 48.2 Å². The molecule has 0 N–H and O–H groups in total. The second kappa shape index (κ2) is 6.52. The van der Waals surface area contributed by atoms with Crippen molar-refractivity contribution < 1.29 is 13.9 Å². The van der Waals surface area contributed by atoms with Crippen molar-refractivity contribution in [3.8, 4) is 5.75 Å². The van der Waals surface area contributed by atoms with Crippen LogP contribution in [0.3, 0.4) is 0 Å². The highest BCUT2D eigenvalue weighted by atomic mass is 32.2. The third-order valence-electron chi connectivity index (χ3n) is 3.29. The van der Waals surface area contributed by atoms with Gasteiger partial charge in [0.1, 0.15) is 11.6 Å². The number of hydrogen-bond acceptors (Lipinski definition) is 4. The van der Waals surface area contributed by atoms with Gasteiger partial charge in [0.15, 0.2) is 4.32 Å². The van der Waals surface area contributed by atoms with Crippen molar-refractivity contribution >= 4 is 46.0 Å². The van der Waals surface area contributed by atoms with E-state index in [4.69, 9.17) is 17.0 Å². The van der Waals surface area contributed by atoms with E-state index in [1.807, 2.05) is 24.3 Å². The second-order valence-corrected chi connectivity index (χ2v) is 6.41. The van der Waals surface area contributed by atoms with Crippen LogP contribution < -0.4 is 9.64 Å². The van der Waals surface area contributed by atoms with Crippen molar-refractivity contribution in [2.75, 3.05) is 12.0 Å². The molecule has 1 aliphatic rings. The Balaban J connectivity index is 1.97. The summed E-state index contributed by atoms with van der Waals surface area (Å²) >= 11 is 6.46. The number of carbonyl (C=O) groups excluding carboxylic acids is 1. The van der Waals surface area contributed by atoms with E-state index >= 15 is 0 Å². The number of para-hydroxylation sites is 1. The van der Waals surface area contributed by atoms with Gasteiger partial charge in [0, 0.05) is 5.56 Å². The van der Waals surface area contributed by atoms with Crippen molar-refractivity contribution in [1.29, 1.82) is 0 Å². The molecule has 0 bridgehead atoms. The number of amides is 1. The maximum absolute atomic E-state index is 13.4. The molecule has 0 aromatic heterocycles. The van der Waals surface area contributed by atoms with Gasteiger partial charge in [-0.3, -0.25) is 9.69 Å². The number of halogens is 1. The molecule has 3 nitrogen and oxygen atoms in total. The third-order valence-corrected chi connectivity index (χ3v) is 4.59. The zero-order valence-corrected chi connectivity index (χ0v) is 13.8. The molecular weight excluding hydrogens is 333 g/mol. The molecule has 0 atom stereocenters. The zero-order valence-electron chi connectivity index (χ0n) is 12.2. The highest BCUT2D eigenvalue weighted by molar-refractivity contribution is 8.27. The maximum Gasteiger partial charge on any atom is 0.270 e. The first-order valence-electron chi connectivity index (χ1n) is 6.76. The van der Waals surface area contributed by atoms with Crippen LogP contribution in [0, 0.1) is 5.82 Å². The van der Waals surface area contributed by atoms with E-state index in [-0.39, 0.29) is 5.91 Å². The van der Waals surface area contributed by atoms with Crippen LogP contribution in [0.5, 0.6) is 5.75 Å². The van der Waals surface area contributed by atoms with Crippen LogP contribution in [0.15, 0.2) is 53.4 Å². The second-order valence-electron chi connectivity index (χ2n) is 4.74. The Morgan fingerprint density at radius 2 is 2.00 bits per heavy atom. The van der Waals surface area contributed by atoms with Crippen molar-refractivity contribution in [3.63, 3.8) is 0 Å². The summed E-state index contributed by atoms with van der Waals surface area (Å²) in [6, 6.07) is 13.2. The number of methoxy groups -OCH3 is 1. The molecule has 1 saturated heterocycles. The lowest BCUT2D eigenvalue weighted by Gasteiger charge is -2.14. The van der Waals surface area contributed by atoms with E-state index in [0.717, 1.165) is 5.56 Å². The van der Waals surface area contributed by atoms with Crippen LogP contribution >= 0.6 is 24.0 Å². The van der Waals surface area contributed by atoms with Crippen LogP contribution in [0.2, 0.25) is 0 Å². The van der Waals surface area contributed by atoms with Gasteiger partial charge >= 0.3 is 0 Å². The highest BCUT2D eigenvalue weighted by Gasteiger charge is 2.33. The van der Waals surface area contributed by atoms with E-state index in [1.165, 1.54) is 28.8 Å². The summed E-state index contributed by atoms with van der Waals surface area (Å²) in [5.74, 6) is -0.00899. The Morgan fingerprint density at radius 1 is 1.22 bits per heavy atom. The van der Waals surface area contributed by atoms with Crippen molar-refractivity contribution in [1.82, 2.24) is 0 Å². The monoisotopic (exact) mass is 345 g/mol. The molecule has 0 aliphatic carbocycles. The summed E-state index contributed by atoms with van der Waals surface area (Å²) < 4.78 is 19.1. The van der Waals surface area contributed by atoms with E-state index in [2.05, 4.69) is 0 Å². The van der Waals surface area contributed by atoms with E-state index < -0.39 is 5.82 Å². The lowest BCUT2D eigenvalue weighted by atomic mass is 10.2. The number of nitrogens with zero attached hydrogens (tertiary/aromatic N) is 1. The molecule has 0 radical (unpaired) electrons. The summed E-state index contributed by atoms with van der Waals surface area (Å²) in [4.78, 5) is 14.4. The van der Waals surface area contributed by atoms with E-state index in [1.54, 1.807) is 25.3 Å². The molecule has 116 valence electrons. The first-order valence-corrected chi connectivity index (χ1v) is 7.99. The van der Waals surface area contributed by atoms with Crippen molar-refractivity contribution in [3.05, 3.63) is 64.8 Å². The summed E-state index contributed by atoms with van der Waals surface area (Å²) in [5, 5.41) is 0. The molecule has 2 aromatic rings. The molecule has 3 rings (SSSR count). The minimum absolute atomic E-state index is 0.267. The Hall–Kier alpha value is -2.18. The molecule has 0 unspecified atom stereocenters. The molecule has 2 aromatic carbocycles. The van der Waals surface area contributed by atoms with Gasteiger partial charge in [0.05, 0.1) is 17.7 Å². The minimum Gasteiger partial charge on any atom is -0.496 e. The number of carbonyl (C=O) groups is 1. The van der Waals surface area contributed by atoms with E-state index in [9.17, 15) is 9.18 Å². The van der Waals surface area contributed by atoms with Gasteiger partial charge < -0.3 is 4.74 Å². The fourth-order valence-electron chi connectivity index (χ4n) is 2.23. The molecule has 0 spiro atoms. The molecular formula is C17H12FNO2S2. The molecule has 6 heteroatoms. The number of hydrogen-bond donors (Lipinski definition) is 0. The maximum atomic E-state index is 13.4. The minimum atomic E-state index is -0.412. The average Bonchev–Trinajstić information content (AvgIpc) is 2.82. The van der Waals surface area contributed by atoms with Gasteiger partial charge in [0.25, 0.3) is 5.91 Å². The number of thiocarbonyl (C=S) groups is 1. The molecule has 1 heterocycles. The number of anilines is 1. The van der Waals surface area contributed by atoms with Gasteiger partial charge in [-0.15, -0.1) is 0 Å². The number of ether oxygens (including phenoxy) is 1. The van der Waals surface area contributed by atoms with Gasteiger partial charge in [-0.2, -0.15) is 0 Å². The summed E-state index contributed by atoms with van der Waals surface area (Å²) in [6.45, 7) is 0. The predicted octanol–water partition coefficient (Wildman–Crippen LogP) is 4.24. The van der Waals surface area contributed by atoms with Crippen molar-refractivity contribution in [2.45, 2.75) is 0 Å². The Morgan fingerprint density at radius 3 is 2.74 bits per heavy atom. The quantitative estimate of drug-likeness (QED) is 0.615. The van der Waals surface area contributed by atoms with Crippen LogP contribution in [0.4, 0.5) is 10.1 Å². The highest BCUT2D eigenvalue weighted by Crippen LogP contribution is 2.37. The Labute approximate surface area is 142 Å². The fourth-order valence-corrected chi connectivity index (χ4v) is 3.52. The smallest absolute Gasteiger partial charge is 0.270 e. The van der Waals surface area contributed by atoms with E-state index in [0.29, 0.717) is 20.7 Å². The summed E-state index contributed by atoms with van der Waals surface area (Å²) in [6.07, 6.45) is 1.73. The molecule has 1 fully saturated rings. The largest absolute Gasteiger partial charge is 0.496 e. The summed E-state index contributed by atoms with van der Waals surface area (Å²) in [7, 11) is 1.57.